The Morgan fingerprint density at radius 1 is 1.24 bits per heavy atom. The Kier molecular flexibility index (Phi) is 7.01. The third-order valence-electron chi connectivity index (χ3n) is 6.41. The third-order valence-corrected chi connectivity index (χ3v) is 6.41. The van der Waals surface area contributed by atoms with Gasteiger partial charge in [0.15, 0.2) is 0 Å². The molecule has 1 aromatic carbocycles. The lowest BCUT2D eigenvalue weighted by molar-refractivity contribution is -0.128. The first kappa shape index (κ1) is 23.5. The number of aromatic amines is 1. The van der Waals surface area contributed by atoms with Gasteiger partial charge in [0.2, 0.25) is 11.8 Å². The van der Waals surface area contributed by atoms with E-state index in [0.717, 1.165) is 19.3 Å². The molecule has 4 N–H and O–H groups in total. The lowest BCUT2D eigenvalue weighted by Crippen LogP contribution is -2.50. The van der Waals surface area contributed by atoms with Crippen molar-refractivity contribution in [3.63, 3.8) is 0 Å². The Balaban J connectivity index is 1.45. The number of fused-ring (bicyclic) bond motifs is 1. The topological polar surface area (TPSA) is 136 Å². The van der Waals surface area contributed by atoms with Crippen LogP contribution in [0.3, 0.4) is 0 Å². The number of ether oxygens (including phenoxy) is 1. The Morgan fingerprint density at radius 3 is 2.71 bits per heavy atom. The molecule has 180 valence electrons. The molecular formula is C24H28FN5O4. The van der Waals surface area contributed by atoms with E-state index in [9.17, 15) is 24.0 Å². The molecule has 2 aliphatic rings. The van der Waals surface area contributed by atoms with Crippen LogP contribution in [0.4, 0.5) is 4.39 Å². The Labute approximate surface area is 196 Å². The third kappa shape index (κ3) is 5.47. The van der Waals surface area contributed by atoms with Crippen LogP contribution >= 0.6 is 0 Å². The second-order valence-corrected chi connectivity index (χ2v) is 9.01. The first-order valence-electron chi connectivity index (χ1n) is 11.5. The average Bonchev–Trinajstić information content (AvgIpc) is 3.54. The van der Waals surface area contributed by atoms with Gasteiger partial charge in [-0.3, -0.25) is 14.4 Å². The van der Waals surface area contributed by atoms with Gasteiger partial charge in [0.25, 0.3) is 5.91 Å². The largest absolute Gasteiger partial charge is 0.496 e. The predicted molar refractivity (Wildman–Crippen MR) is 121 cm³/mol. The summed E-state index contributed by atoms with van der Waals surface area (Å²) in [5.74, 6) is -1.27. The van der Waals surface area contributed by atoms with Crippen LogP contribution in [0, 0.1) is 29.0 Å². The number of rotatable bonds is 9. The zero-order valence-corrected chi connectivity index (χ0v) is 18.9. The van der Waals surface area contributed by atoms with E-state index in [1.807, 2.05) is 0 Å². The van der Waals surface area contributed by atoms with Crippen LogP contribution in [0.15, 0.2) is 18.2 Å². The van der Waals surface area contributed by atoms with Crippen LogP contribution in [0.5, 0.6) is 5.75 Å². The molecule has 1 aliphatic carbocycles. The Morgan fingerprint density at radius 2 is 2.03 bits per heavy atom. The number of nitriles is 1. The molecule has 2 heterocycles. The maximum atomic E-state index is 13.8. The van der Waals surface area contributed by atoms with Gasteiger partial charge in [-0.1, -0.05) is 12.8 Å². The summed E-state index contributed by atoms with van der Waals surface area (Å²) in [4.78, 5) is 40.9. The standard InChI is InChI=1S/C24H28FN5O4/c1-34-21-10-15(25)9-18-17(21)11-20(29-18)24(33)30-19(7-13-4-5-13)23(32)28-16(12-26)8-14-3-2-6-27-22(14)31/h9-11,13-14,16,19,29H,2-8H2,1H3,(H,27,31)(H,28,32)(H,30,33)/t14?,16-,19?/m0/s1. The molecule has 4 rings (SSSR count). The molecular weight excluding hydrogens is 441 g/mol. The van der Waals surface area contributed by atoms with Crippen molar-refractivity contribution in [1.29, 1.82) is 5.26 Å². The number of benzene rings is 1. The Bertz CT molecular complexity index is 1140. The SMILES string of the molecule is COc1cc(F)cc2[nH]c(C(=O)NC(CC3CC3)C(=O)N[C@H](C#N)CC3CCCNC3=O)cc12. The molecule has 2 aromatic rings. The fraction of sp³-hybridized carbons (Fsp3) is 0.500. The van der Waals surface area contributed by atoms with Crippen LogP contribution < -0.4 is 20.7 Å². The minimum Gasteiger partial charge on any atom is -0.496 e. The van der Waals surface area contributed by atoms with Gasteiger partial charge in [0.1, 0.15) is 29.3 Å². The van der Waals surface area contributed by atoms with Gasteiger partial charge in [0.05, 0.1) is 18.7 Å². The lowest BCUT2D eigenvalue weighted by atomic mass is 9.92. The first-order valence-corrected chi connectivity index (χ1v) is 11.5. The van der Waals surface area contributed by atoms with E-state index in [-0.39, 0.29) is 23.9 Å². The predicted octanol–water partition coefficient (Wildman–Crippen LogP) is 2.14. The van der Waals surface area contributed by atoms with Gasteiger partial charge in [0, 0.05) is 23.9 Å². The minimum atomic E-state index is -0.833. The van der Waals surface area contributed by atoms with Gasteiger partial charge in [-0.15, -0.1) is 0 Å². The van der Waals surface area contributed by atoms with E-state index in [4.69, 9.17) is 4.74 Å². The molecule has 10 heteroatoms. The maximum Gasteiger partial charge on any atom is 0.268 e. The number of piperidine rings is 1. The van der Waals surface area contributed by atoms with Gasteiger partial charge < -0.3 is 25.7 Å². The molecule has 1 saturated heterocycles. The second-order valence-electron chi connectivity index (χ2n) is 9.01. The van der Waals surface area contributed by atoms with Crippen LogP contribution in [-0.2, 0) is 9.59 Å². The number of hydrogen-bond donors (Lipinski definition) is 4. The number of nitrogens with one attached hydrogen (secondary N) is 4. The summed E-state index contributed by atoms with van der Waals surface area (Å²) in [6.45, 7) is 0.626. The number of methoxy groups -OCH3 is 1. The molecule has 34 heavy (non-hydrogen) atoms. The Hall–Kier alpha value is -3.61. The number of hydrogen-bond acceptors (Lipinski definition) is 5. The first-order chi connectivity index (χ1) is 16.4. The van der Waals surface area contributed by atoms with E-state index in [1.54, 1.807) is 6.07 Å². The van der Waals surface area contributed by atoms with Crippen molar-refractivity contribution in [1.82, 2.24) is 20.9 Å². The normalized spacial score (nSPS) is 19.6. The van der Waals surface area contributed by atoms with E-state index in [0.29, 0.717) is 42.0 Å². The number of carbonyl (C=O) groups is 3. The number of carbonyl (C=O) groups excluding carboxylic acids is 3. The summed E-state index contributed by atoms with van der Waals surface area (Å²) < 4.78 is 19.0. The zero-order chi connectivity index (χ0) is 24.2. The molecule has 3 amide bonds. The van der Waals surface area contributed by atoms with Crippen molar-refractivity contribution >= 4 is 28.6 Å². The fourth-order valence-corrected chi connectivity index (χ4v) is 4.38. The summed E-state index contributed by atoms with van der Waals surface area (Å²) in [6.07, 6.45) is 4.15. The van der Waals surface area contributed by atoms with Crippen LogP contribution in [0.1, 0.15) is 49.0 Å². The molecule has 0 spiro atoms. The number of aromatic nitrogens is 1. The van der Waals surface area contributed by atoms with E-state index in [1.165, 1.54) is 19.2 Å². The molecule has 3 atom stereocenters. The van der Waals surface area contributed by atoms with Gasteiger partial charge in [-0.05, 0) is 43.7 Å². The monoisotopic (exact) mass is 469 g/mol. The van der Waals surface area contributed by atoms with Crippen molar-refractivity contribution < 1.29 is 23.5 Å². The summed E-state index contributed by atoms with van der Waals surface area (Å²) in [5, 5.41) is 18.3. The summed E-state index contributed by atoms with van der Waals surface area (Å²) in [5.41, 5.74) is 0.573. The molecule has 2 fully saturated rings. The zero-order valence-electron chi connectivity index (χ0n) is 18.9. The highest BCUT2D eigenvalue weighted by atomic mass is 19.1. The smallest absolute Gasteiger partial charge is 0.268 e. The van der Waals surface area contributed by atoms with Crippen LogP contribution in [0.25, 0.3) is 10.9 Å². The van der Waals surface area contributed by atoms with E-state index in [2.05, 4.69) is 27.0 Å². The van der Waals surface area contributed by atoms with E-state index >= 15 is 0 Å². The highest BCUT2D eigenvalue weighted by Gasteiger charge is 2.33. The van der Waals surface area contributed by atoms with Crippen LogP contribution in [0.2, 0.25) is 0 Å². The number of H-pyrrole nitrogens is 1. The molecule has 0 radical (unpaired) electrons. The van der Waals surface area contributed by atoms with Crippen molar-refractivity contribution in [2.45, 2.75) is 50.6 Å². The molecule has 0 bridgehead atoms. The molecule has 9 nitrogen and oxygen atoms in total. The minimum absolute atomic E-state index is 0.103. The van der Waals surface area contributed by atoms with Crippen molar-refractivity contribution in [2.24, 2.45) is 11.8 Å². The molecule has 2 unspecified atom stereocenters. The van der Waals surface area contributed by atoms with Gasteiger partial charge >= 0.3 is 0 Å². The van der Waals surface area contributed by atoms with Gasteiger partial charge in [-0.25, -0.2) is 4.39 Å². The number of amides is 3. The number of halogens is 1. The molecule has 1 aromatic heterocycles. The van der Waals surface area contributed by atoms with E-state index < -0.39 is 29.7 Å². The van der Waals surface area contributed by atoms with Gasteiger partial charge in [-0.2, -0.15) is 5.26 Å². The maximum absolute atomic E-state index is 13.8. The summed E-state index contributed by atoms with van der Waals surface area (Å²) >= 11 is 0. The fourth-order valence-electron chi connectivity index (χ4n) is 4.38. The average molecular weight is 470 g/mol. The highest BCUT2D eigenvalue weighted by Crippen LogP contribution is 2.34. The van der Waals surface area contributed by atoms with Crippen molar-refractivity contribution in [3.05, 3.63) is 29.7 Å². The van der Waals surface area contributed by atoms with Crippen LogP contribution in [-0.4, -0.2) is 48.4 Å². The summed E-state index contributed by atoms with van der Waals surface area (Å²) in [7, 11) is 1.42. The number of nitrogens with zero attached hydrogens (tertiary/aromatic N) is 1. The molecule has 1 saturated carbocycles. The van der Waals surface area contributed by atoms with Crippen molar-refractivity contribution in [3.8, 4) is 11.8 Å². The highest BCUT2D eigenvalue weighted by molar-refractivity contribution is 6.01. The quantitative estimate of drug-likeness (QED) is 0.446. The van der Waals surface area contributed by atoms with Crippen molar-refractivity contribution in [2.75, 3.05) is 13.7 Å². The molecule has 1 aliphatic heterocycles. The summed E-state index contributed by atoms with van der Waals surface area (Å²) in [6, 6.07) is 4.45. The lowest BCUT2D eigenvalue weighted by Gasteiger charge is -2.25. The second kappa shape index (κ2) is 10.1.